The van der Waals surface area contributed by atoms with Crippen molar-refractivity contribution in [1.29, 1.82) is 0 Å². The van der Waals surface area contributed by atoms with Crippen molar-refractivity contribution in [1.82, 2.24) is 4.98 Å². The summed E-state index contributed by atoms with van der Waals surface area (Å²) in [5, 5.41) is 0. The van der Waals surface area contributed by atoms with Crippen LogP contribution < -0.4 is 15.2 Å². The summed E-state index contributed by atoms with van der Waals surface area (Å²) in [6, 6.07) is 1.59. The molecule has 0 spiro atoms. The molecule has 92 valence electrons. The highest BCUT2D eigenvalue weighted by Crippen LogP contribution is 2.33. The number of hydrogen-bond donors (Lipinski definition) is 1. The van der Waals surface area contributed by atoms with E-state index in [-0.39, 0.29) is 12.2 Å². The molecule has 0 aromatic carbocycles. The Morgan fingerprint density at radius 2 is 2.24 bits per heavy atom. The summed E-state index contributed by atoms with van der Waals surface area (Å²) < 4.78 is 11.2. The van der Waals surface area contributed by atoms with Gasteiger partial charge in [-0.1, -0.05) is 0 Å². The summed E-state index contributed by atoms with van der Waals surface area (Å²) in [4.78, 5) is 15.1. The van der Waals surface area contributed by atoms with Gasteiger partial charge in [0.1, 0.15) is 0 Å². The van der Waals surface area contributed by atoms with Gasteiger partial charge in [0.25, 0.3) is 5.88 Å². The molecule has 1 heterocycles. The first-order chi connectivity index (χ1) is 8.06. The molecule has 5 nitrogen and oxygen atoms in total. The topological polar surface area (TPSA) is 74.4 Å². The van der Waals surface area contributed by atoms with Gasteiger partial charge in [0.15, 0.2) is 5.75 Å². The maximum Gasteiger partial charge on any atom is 0.257 e. The molecule has 1 aliphatic rings. The molecular weight excluding hydrogens is 220 g/mol. The zero-order chi connectivity index (χ0) is 12.4. The number of aromatic nitrogens is 1. The van der Waals surface area contributed by atoms with Crippen LogP contribution in [-0.4, -0.2) is 23.1 Å². The Hall–Kier alpha value is -1.78. The lowest BCUT2D eigenvalue weighted by atomic mass is 10.2. The Morgan fingerprint density at radius 3 is 2.76 bits per heavy atom. The van der Waals surface area contributed by atoms with Gasteiger partial charge in [0, 0.05) is 12.3 Å². The lowest BCUT2D eigenvalue weighted by Gasteiger charge is -2.14. The van der Waals surface area contributed by atoms with Gasteiger partial charge in [-0.05, 0) is 26.7 Å². The van der Waals surface area contributed by atoms with Crippen molar-refractivity contribution in [3.8, 4) is 11.6 Å². The molecule has 5 heteroatoms. The van der Waals surface area contributed by atoms with E-state index in [1.165, 1.54) is 6.20 Å². The van der Waals surface area contributed by atoms with E-state index >= 15 is 0 Å². The van der Waals surface area contributed by atoms with Crippen LogP contribution in [0.1, 0.15) is 37.0 Å². The molecule has 1 aliphatic carbocycles. The monoisotopic (exact) mass is 236 g/mol. The zero-order valence-electron chi connectivity index (χ0n) is 9.97. The molecule has 0 unspecified atom stereocenters. The van der Waals surface area contributed by atoms with Crippen molar-refractivity contribution >= 4 is 5.91 Å². The average molecular weight is 236 g/mol. The van der Waals surface area contributed by atoms with Gasteiger partial charge in [0.2, 0.25) is 5.91 Å². The summed E-state index contributed by atoms with van der Waals surface area (Å²) in [6.07, 6.45) is 3.68. The highest BCUT2D eigenvalue weighted by atomic mass is 16.5. The van der Waals surface area contributed by atoms with E-state index < -0.39 is 5.91 Å². The molecule has 1 saturated carbocycles. The van der Waals surface area contributed by atoms with Crippen LogP contribution >= 0.6 is 0 Å². The molecule has 1 fully saturated rings. The van der Waals surface area contributed by atoms with Crippen molar-refractivity contribution in [3.05, 3.63) is 17.8 Å². The molecule has 0 aliphatic heterocycles. The number of primary amides is 1. The second kappa shape index (κ2) is 4.61. The van der Waals surface area contributed by atoms with Crippen LogP contribution in [0.3, 0.4) is 0 Å². The van der Waals surface area contributed by atoms with Crippen molar-refractivity contribution in [2.45, 2.75) is 38.9 Å². The highest BCUT2D eigenvalue weighted by molar-refractivity contribution is 5.93. The largest absolute Gasteiger partial charge is 0.485 e. The second-order valence-corrected chi connectivity index (χ2v) is 4.38. The minimum Gasteiger partial charge on any atom is -0.485 e. The van der Waals surface area contributed by atoms with E-state index in [4.69, 9.17) is 15.2 Å². The summed E-state index contributed by atoms with van der Waals surface area (Å²) in [5.41, 5.74) is 5.54. The molecular formula is C12H16N2O3. The molecule has 0 bridgehead atoms. The van der Waals surface area contributed by atoms with Gasteiger partial charge >= 0.3 is 0 Å². The fourth-order valence-electron chi connectivity index (χ4n) is 1.33. The quantitative estimate of drug-likeness (QED) is 0.840. The van der Waals surface area contributed by atoms with Gasteiger partial charge in [-0.3, -0.25) is 4.79 Å². The summed E-state index contributed by atoms with van der Waals surface area (Å²) >= 11 is 0. The Kier molecular flexibility index (Phi) is 3.17. The number of hydrogen-bond acceptors (Lipinski definition) is 4. The van der Waals surface area contributed by atoms with Gasteiger partial charge in [-0.25, -0.2) is 4.98 Å². The maximum atomic E-state index is 11.1. The maximum absolute atomic E-state index is 11.1. The predicted molar refractivity (Wildman–Crippen MR) is 62.2 cm³/mol. The van der Waals surface area contributed by atoms with Crippen LogP contribution in [0.25, 0.3) is 0 Å². The third-order valence-electron chi connectivity index (χ3n) is 2.27. The van der Waals surface area contributed by atoms with Crippen LogP contribution in [0, 0.1) is 0 Å². The smallest absolute Gasteiger partial charge is 0.257 e. The van der Waals surface area contributed by atoms with Crippen molar-refractivity contribution in [2.75, 3.05) is 0 Å². The van der Waals surface area contributed by atoms with Crippen molar-refractivity contribution < 1.29 is 14.3 Å². The van der Waals surface area contributed by atoms with E-state index in [0.717, 1.165) is 12.8 Å². The summed E-state index contributed by atoms with van der Waals surface area (Å²) in [6.45, 7) is 3.81. The zero-order valence-corrected chi connectivity index (χ0v) is 9.97. The first-order valence-electron chi connectivity index (χ1n) is 5.69. The van der Waals surface area contributed by atoms with E-state index in [1.807, 2.05) is 13.8 Å². The normalized spacial score (nSPS) is 14.8. The van der Waals surface area contributed by atoms with Crippen LogP contribution in [0.2, 0.25) is 0 Å². The van der Waals surface area contributed by atoms with Gasteiger partial charge in [0.05, 0.1) is 17.8 Å². The van der Waals surface area contributed by atoms with Crippen molar-refractivity contribution in [3.63, 3.8) is 0 Å². The fraction of sp³-hybridized carbons (Fsp3) is 0.500. The number of rotatable bonds is 5. The lowest BCUT2D eigenvalue weighted by Crippen LogP contribution is -2.14. The average Bonchev–Trinajstić information content (AvgIpc) is 3.03. The van der Waals surface area contributed by atoms with Gasteiger partial charge in [-0.15, -0.1) is 0 Å². The molecule has 1 amide bonds. The highest BCUT2D eigenvalue weighted by Gasteiger charge is 2.26. The Balaban J connectivity index is 2.25. The minimum absolute atomic E-state index is 0.00322. The van der Waals surface area contributed by atoms with Crippen LogP contribution in [0.15, 0.2) is 12.3 Å². The van der Waals surface area contributed by atoms with Crippen molar-refractivity contribution in [2.24, 2.45) is 5.73 Å². The number of nitrogens with zero attached hydrogens (tertiary/aromatic N) is 1. The number of carbonyl (C=O) groups excluding carboxylic acids is 1. The van der Waals surface area contributed by atoms with Crippen LogP contribution in [-0.2, 0) is 0 Å². The third kappa shape index (κ3) is 3.09. The summed E-state index contributed by atoms with van der Waals surface area (Å²) in [5.74, 6) is 0.392. The molecule has 1 aromatic rings. The molecule has 1 aromatic heterocycles. The lowest BCUT2D eigenvalue weighted by molar-refractivity contribution is 0.0999. The van der Waals surface area contributed by atoms with Crippen LogP contribution in [0.4, 0.5) is 0 Å². The van der Waals surface area contributed by atoms with E-state index in [1.54, 1.807) is 6.07 Å². The standard InChI is InChI=1S/C12H16N2O3/c1-7(2)16-12-10(17-9-3-4-9)5-8(6-14-12)11(13)15/h5-7,9H,3-4H2,1-2H3,(H2,13,15). The number of nitrogens with two attached hydrogens (primary N) is 1. The first-order valence-corrected chi connectivity index (χ1v) is 5.69. The Morgan fingerprint density at radius 1 is 1.53 bits per heavy atom. The Bertz CT molecular complexity index is 428. The molecule has 0 saturated heterocycles. The van der Waals surface area contributed by atoms with Crippen LogP contribution in [0.5, 0.6) is 11.6 Å². The third-order valence-corrected chi connectivity index (χ3v) is 2.27. The number of ether oxygens (including phenoxy) is 2. The van der Waals surface area contributed by atoms with E-state index in [2.05, 4.69) is 4.98 Å². The number of carbonyl (C=O) groups is 1. The first kappa shape index (κ1) is 11.7. The molecule has 17 heavy (non-hydrogen) atoms. The van der Waals surface area contributed by atoms with E-state index in [0.29, 0.717) is 17.2 Å². The van der Waals surface area contributed by atoms with Gasteiger partial charge < -0.3 is 15.2 Å². The molecule has 2 N–H and O–H groups in total. The number of amides is 1. The summed E-state index contributed by atoms with van der Waals surface area (Å²) in [7, 11) is 0. The molecule has 0 atom stereocenters. The fourth-order valence-corrected chi connectivity index (χ4v) is 1.33. The SMILES string of the molecule is CC(C)Oc1ncc(C(N)=O)cc1OC1CC1. The molecule has 2 rings (SSSR count). The van der Waals surface area contributed by atoms with E-state index in [9.17, 15) is 4.79 Å². The molecule has 0 radical (unpaired) electrons. The minimum atomic E-state index is -0.519. The Labute approximate surface area is 99.9 Å². The number of pyridine rings is 1. The van der Waals surface area contributed by atoms with Gasteiger partial charge in [-0.2, -0.15) is 0 Å². The predicted octanol–water partition coefficient (Wildman–Crippen LogP) is 1.51. The second-order valence-electron chi connectivity index (χ2n) is 4.38.